The van der Waals surface area contributed by atoms with E-state index in [0.717, 1.165) is 19.5 Å². The summed E-state index contributed by atoms with van der Waals surface area (Å²) in [6.07, 6.45) is 9.41. The number of rotatable bonds is 6. The van der Waals surface area contributed by atoms with Crippen molar-refractivity contribution in [1.29, 1.82) is 0 Å². The minimum Gasteiger partial charge on any atom is -0.392 e. The third-order valence-electron chi connectivity index (χ3n) is 4.42. The van der Waals surface area contributed by atoms with Gasteiger partial charge in [-0.25, -0.2) is 0 Å². The maximum Gasteiger partial charge on any atom is 0.0664 e. The smallest absolute Gasteiger partial charge is 0.0664 e. The predicted molar refractivity (Wildman–Crippen MR) is 79.0 cm³/mol. The number of hydrogen-bond donors (Lipinski definition) is 1. The van der Waals surface area contributed by atoms with Gasteiger partial charge in [0.1, 0.15) is 0 Å². The maximum atomic E-state index is 10.0. The highest BCUT2D eigenvalue weighted by Gasteiger charge is 2.23. The normalized spacial score (nSPS) is 18.9. The van der Waals surface area contributed by atoms with Crippen LogP contribution in [-0.2, 0) is 13.6 Å². The largest absolute Gasteiger partial charge is 0.392 e. The van der Waals surface area contributed by atoms with Crippen molar-refractivity contribution >= 4 is 0 Å². The van der Waals surface area contributed by atoms with Crippen molar-refractivity contribution in [3.63, 3.8) is 0 Å². The summed E-state index contributed by atoms with van der Waals surface area (Å²) in [4.78, 5) is 2.50. The van der Waals surface area contributed by atoms with E-state index >= 15 is 0 Å². The molecule has 0 aliphatic heterocycles. The molecule has 2 rings (SSSR count). The molecule has 3 heteroatoms. The number of aliphatic hydroxyl groups is 1. The first-order valence-electron chi connectivity index (χ1n) is 7.73. The van der Waals surface area contributed by atoms with Crippen LogP contribution in [0.5, 0.6) is 0 Å². The van der Waals surface area contributed by atoms with Crippen molar-refractivity contribution in [3.05, 3.63) is 24.0 Å². The number of aromatic nitrogens is 1. The van der Waals surface area contributed by atoms with Gasteiger partial charge >= 0.3 is 0 Å². The molecule has 108 valence electrons. The van der Waals surface area contributed by atoms with Gasteiger partial charge in [0.25, 0.3) is 0 Å². The lowest BCUT2D eigenvalue weighted by Gasteiger charge is -2.35. The molecule has 1 heterocycles. The standard InChI is InChI=1S/C16H28N2O/c1-3-16(19)13-18(14-8-5-4-6-9-14)12-15-10-7-11-17(15)2/h7,10-11,14,16,19H,3-6,8-9,12-13H2,1-2H3. The topological polar surface area (TPSA) is 28.4 Å². The van der Waals surface area contributed by atoms with E-state index in [9.17, 15) is 5.11 Å². The van der Waals surface area contributed by atoms with Gasteiger partial charge in [-0.3, -0.25) is 4.90 Å². The van der Waals surface area contributed by atoms with Gasteiger partial charge in [0.05, 0.1) is 6.10 Å². The summed E-state index contributed by atoms with van der Waals surface area (Å²) in [6.45, 7) is 3.84. The van der Waals surface area contributed by atoms with Crippen molar-refractivity contribution in [1.82, 2.24) is 9.47 Å². The first-order valence-corrected chi connectivity index (χ1v) is 7.73. The monoisotopic (exact) mass is 264 g/mol. The molecular formula is C16H28N2O. The van der Waals surface area contributed by atoms with Gasteiger partial charge in [0.2, 0.25) is 0 Å². The molecular weight excluding hydrogens is 236 g/mol. The van der Waals surface area contributed by atoms with Crippen LogP contribution < -0.4 is 0 Å². The van der Waals surface area contributed by atoms with Gasteiger partial charge in [0, 0.05) is 38.1 Å². The van der Waals surface area contributed by atoms with Gasteiger partial charge in [-0.15, -0.1) is 0 Å². The number of hydrogen-bond acceptors (Lipinski definition) is 2. The molecule has 3 nitrogen and oxygen atoms in total. The van der Waals surface area contributed by atoms with Crippen molar-refractivity contribution < 1.29 is 5.11 Å². The molecule has 1 unspecified atom stereocenters. The van der Waals surface area contributed by atoms with Crippen LogP contribution in [0.25, 0.3) is 0 Å². The zero-order chi connectivity index (χ0) is 13.7. The van der Waals surface area contributed by atoms with Gasteiger partial charge in [-0.2, -0.15) is 0 Å². The average molecular weight is 264 g/mol. The second kappa shape index (κ2) is 7.11. The third-order valence-corrected chi connectivity index (χ3v) is 4.42. The molecule has 1 aromatic rings. The summed E-state index contributed by atoms with van der Waals surface area (Å²) < 4.78 is 2.19. The van der Waals surface area contributed by atoms with E-state index < -0.39 is 0 Å². The molecule has 19 heavy (non-hydrogen) atoms. The summed E-state index contributed by atoms with van der Waals surface area (Å²) in [5.74, 6) is 0. The van der Waals surface area contributed by atoms with E-state index in [2.05, 4.69) is 41.8 Å². The van der Waals surface area contributed by atoms with E-state index in [-0.39, 0.29) is 6.10 Å². The molecule has 0 bridgehead atoms. The van der Waals surface area contributed by atoms with Gasteiger partial charge < -0.3 is 9.67 Å². The molecule has 1 aliphatic carbocycles. The zero-order valence-electron chi connectivity index (χ0n) is 12.4. The van der Waals surface area contributed by atoms with Crippen LogP contribution >= 0.6 is 0 Å². The molecule has 0 aromatic carbocycles. The van der Waals surface area contributed by atoms with Crippen LogP contribution in [0.1, 0.15) is 51.1 Å². The molecule has 0 radical (unpaired) electrons. The Hall–Kier alpha value is -0.800. The second-order valence-corrected chi connectivity index (χ2v) is 5.89. The molecule has 1 fully saturated rings. The van der Waals surface area contributed by atoms with Crippen molar-refractivity contribution in [2.24, 2.45) is 7.05 Å². The van der Waals surface area contributed by atoms with Crippen molar-refractivity contribution in [2.75, 3.05) is 6.54 Å². The molecule has 0 saturated heterocycles. The second-order valence-electron chi connectivity index (χ2n) is 5.89. The third kappa shape index (κ3) is 4.08. The Labute approximate surface area is 117 Å². The molecule has 1 aliphatic rings. The average Bonchev–Trinajstić information content (AvgIpc) is 2.84. The fraction of sp³-hybridized carbons (Fsp3) is 0.750. The number of aliphatic hydroxyl groups excluding tert-OH is 1. The van der Waals surface area contributed by atoms with Gasteiger partial charge in [-0.05, 0) is 31.4 Å². The lowest BCUT2D eigenvalue weighted by Crippen LogP contribution is -2.41. The highest BCUT2D eigenvalue weighted by atomic mass is 16.3. The van der Waals surface area contributed by atoms with E-state index in [0.29, 0.717) is 6.04 Å². The maximum absolute atomic E-state index is 10.0. The summed E-state index contributed by atoms with van der Waals surface area (Å²) in [6, 6.07) is 4.95. The molecule has 1 aromatic heterocycles. The van der Waals surface area contributed by atoms with Crippen LogP contribution in [0.4, 0.5) is 0 Å². The van der Waals surface area contributed by atoms with Crippen LogP contribution in [0, 0.1) is 0 Å². The molecule has 1 atom stereocenters. The SMILES string of the molecule is CCC(O)CN(Cc1cccn1C)C1CCCCC1. The Bertz CT molecular complexity index is 369. The van der Waals surface area contributed by atoms with E-state index in [1.54, 1.807) is 0 Å². The molecule has 1 N–H and O–H groups in total. The first-order chi connectivity index (χ1) is 9.20. The lowest BCUT2D eigenvalue weighted by molar-refractivity contribution is 0.0645. The summed E-state index contributed by atoms with van der Waals surface area (Å²) in [5, 5.41) is 10.0. The highest BCUT2D eigenvalue weighted by molar-refractivity contribution is 5.06. The van der Waals surface area contributed by atoms with Crippen LogP contribution in [0.3, 0.4) is 0 Å². The Morgan fingerprint density at radius 2 is 2.11 bits per heavy atom. The minimum absolute atomic E-state index is 0.192. The van der Waals surface area contributed by atoms with E-state index in [1.165, 1.54) is 37.8 Å². The fourth-order valence-electron chi connectivity index (χ4n) is 3.06. The minimum atomic E-state index is -0.192. The van der Waals surface area contributed by atoms with E-state index in [1.807, 2.05) is 0 Å². The van der Waals surface area contributed by atoms with Gasteiger partial charge in [-0.1, -0.05) is 26.2 Å². The first kappa shape index (κ1) is 14.6. The lowest BCUT2D eigenvalue weighted by atomic mass is 9.93. The summed E-state index contributed by atoms with van der Waals surface area (Å²) >= 11 is 0. The number of nitrogens with zero attached hydrogens (tertiary/aromatic N) is 2. The van der Waals surface area contributed by atoms with Crippen LogP contribution in [0.2, 0.25) is 0 Å². The van der Waals surface area contributed by atoms with Crippen molar-refractivity contribution in [3.8, 4) is 0 Å². The Morgan fingerprint density at radius 1 is 1.37 bits per heavy atom. The summed E-state index contributed by atoms with van der Waals surface area (Å²) in [5.41, 5.74) is 1.34. The van der Waals surface area contributed by atoms with Crippen molar-refractivity contribution in [2.45, 2.75) is 64.1 Å². The Balaban J connectivity index is 2.02. The van der Waals surface area contributed by atoms with E-state index in [4.69, 9.17) is 0 Å². The molecule has 1 saturated carbocycles. The Kier molecular flexibility index (Phi) is 5.46. The highest BCUT2D eigenvalue weighted by Crippen LogP contribution is 2.24. The van der Waals surface area contributed by atoms with Crippen LogP contribution in [-0.4, -0.2) is 33.3 Å². The number of aryl methyl sites for hydroxylation is 1. The molecule has 0 amide bonds. The van der Waals surface area contributed by atoms with Crippen LogP contribution in [0.15, 0.2) is 18.3 Å². The van der Waals surface area contributed by atoms with Gasteiger partial charge in [0.15, 0.2) is 0 Å². The molecule has 0 spiro atoms. The summed E-state index contributed by atoms with van der Waals surface area (Å²) in [7, 11) is 2.10. The Morgan fingerprint density at radius 3 is 2.68 bits per heavy atom. The fourth-order valence-corrected chi connectivity index (χ4v) is 3.06. The quantitative estimate of drug-likeness (QED) is 0.855. The predicted octanol–water partition coefficient (Wildman–Crippen LogP) is 2.93. The zero-order valence-corrected chi connectivity index (χ0v) is 12.4.